The number of ether oxygens (including phenoxy) is 6. The van der Waals surface area contributed by atoms with Crippen LogP contribution < -0.4 is 11.5 Å². The molecule has 16 heteroatoms. The Morgan fingerprint density at radius 1 is 0.676 bits per heavy atom. The third-order valence-corrected chi connectivity index (χ3v) is 6.75. The van der Waals surface area contributed by atoms with Gasteiger partial charge in [-0.2, -0.15) is 0 Å². The molecule has 3 fully saturated rings. The van der Waals surface area contributed by atoms with Crippen LogP contribution in [0.4, 0.5) is 0 Å². The molecule has 218 valence electrons. The average Bonchev–Trinajstić information content (AvgIpc) is 2.88. The fourth-order valence-corrected chi connectivity index (χ4v) is 4.42. The zero-order chi connectivity index (χ0) is 27.4. The second-order valence-corrected chi connectivity index (χ2v) is 9.40. The number of nitrogens with two attached hydrogens (primary N) is 2. The quantitative estimate of drug-likeness (QED) is 0.115. The van der Waals surface area contributed by atoms with E-state index in [1.165, 1.54) is 6.92 Å². The van der Waals surface area contributed by atoms with Crippen LogP contribution in [0.3, 0.4) is 0 Å². The number of rotatable bonds is 10. The lowest BCUT2D eigenvalue weighted by atomic mass is 9.95. The van der Waals surface area contributed by atoms with Crippen LogP contribution in [0.1, 0.15) is 13.3 Å². The second-order valence-electron chi connectivity index (χ2n) is 9.40. The molecule has 6 unspecified atom stereocenters. The van der Waals surface area contributed by atoms with Crippen molar-refractivity contribution in [2.45, 2.75) is 105 Å². The molecule has 0 aromatic heterocycles. The van der Waals surface area contributed by atoms with Gasteiger partial charge >= 0.3 is 0 Å². The van der Waals surface area contributed by atoms with Crippen molar-refractivity contribution in [3.8, 4) is 0 Å². The van der Waals surface area contributed by atoms with Gasteiger partial charge in [0.1, 0.15) is 61.0 Å². The van der Waals surface area contributed by atoms with Gasteiger partial charge in [-0.25, -0.2) is 0 Å². The molecule has 0 spiro atoms. The molecule has 0 bridgehead atoms. The number of aliphatic hydroxyl groups is 8. The first-order valence-corrected chi connectivity index (χ1v) is 12.2. The van der Waals surface area contributed by atoms with Crippen LogP contribution in [0.5, 0.6) is 0 Å². The van der Waals surface area contributed by atoms with Gasteiger partial charge in [0.15, 0.2) is 18.9 Å². The van der Waals surface area contributed by atoms with E-state index in [2.05, 4.69) is 0 Å². The van der Waals surface area contributed by atoms with Crippen LogP contribution in [-0.2, 0) is 28.4 Å². The topological polar surface area (TPSA) is 269 Å². The minimum atomic E-state index is -1.71. The van der Waals surface area contributed by atoms with Crippen molar-refractivity contribution in [1.82, 2.24) is 0 Å². The van der Waals surface area contributed by atoms with E-state index in [0.717, 1.165) is 0 Å². The van der Waals surface area contributed by atoms with Crippen molar-refractivity contribution >= 4 is 0 Å². The smallest absolute Gasteiger partial charge is 0.187 e. The molecule has 3 heterocycles. The molecule has 16 nitrogen and oxygen atoms in total. The molecule has 3 aliphatic rings. The summed E-state index contributed by atoms with van der Waals surface area (Å²) in [6, 6.07) is -1.33. The van der Waals surface area contributed by atoms with Crippen LogP contribution in [0, 0.1) is 0 Å². The van der Waals surface area contributed by atoms with E-state index in [-0.39, 0.29) is 13.2 Å². The standard InChI is InChI=1S/C21H40N2O14/c1-7-11(26)15(30)16(31)20(33-7)37-18-17(13(28)9(6-25)35-21(18)32-4-2-3-22)36-19-10(23)14(29)12(27)8(5-24)34-19/h7-21,24-31H,2-6,22-23H2,1H3/t7?,8?,9?,10?,11-,12+,13+,14-,15?,16+,17?,18+,19+,20+,21-/m1/s1. The van der Waals surface area contributed by atoms with Gasteiger partial charge in [-0.3, -0.25) is 0 Å². The van der Waals surface area contributed by atoms with E-state index in [1.54, 1.807) is 0 Å². The maximum atomic E-state index is 11.0. The molecule has 12 N–H and O–H groups in total. The average molecular weight is 545 g/mol. The lowest BCUT2D eigenvalue weighted by Crippen LogP contribution is -2.68. The summed E-state index contributed by atoms with van der Waals surface area (Å²) in [5.41, 5.74) is 11.5. The summed E-state index contributed by atoms with van der Waals surface area (Å²) in [6.45, 7) is 0.469. The largest absolute Gasteiger partial charge is 0.394 e. The van der Waals surface area contributed by atoms with E-state index < -0.39 is 105 Å². The molecule has 15 atom stereocenters. The Hall–Kier alpha value is -0.640. The minimum Gasteiger partial charge on any atom is -0.394 e. The van der Waals surface area contributed by atoms with E-state index >= 15 is 0 Å². The predicted octanol–water partition coefficient (Wildman–Crippen LogP) is -6.21. The normalized spacial score (nSPS) is 49.2. The Morgan fingerprint density at radius 3 is 1.89 bits per heavy atom. The van der Waals surface area contributed by atoms with Gasteiger partial charge in [-0.15, -0.1) is 0 Å². The van der Waals surface area contributed by atoms with E-state index in [9.17, 15) is 40.9 Å². The predicted molar refractivity (Wildman–Crippen MR) is 119 cm³/mol. The van der Waals surface area contributed by atoms with Crippen molar-refractivity contribution in [1.29, 1.82) is 0 Å². The van der Waals surface area contributed by atoms with Crippen molar-refractivity contribution < 1.29 is 69.3 Å². The molecule has 0 aromatic carbocycles. The maximum Gasteiger partial charge on any atom is 0.187 e. The summed E-state index contributed by atoms with van der Waals surface area (Å²) in [5, 5.41) is 81.3. The Labute approximate surface area is 213 Å². The molecule has 3 aliphatic heterocycles. The first-order valence-electron chi connectivity index (χ1n) is 12.2. The Bertz CT molecular complexity index is 694. The summed E-state index contributed by atoms with van der Waals surface area (Å²) in [5.74, 6) is 0. The summed E-state index contributed by atoms with van der Waals surface area (Å²) in [4.78, 5) is 0. The van der Waals surface area contributed by atoms with Crippen molar-refractivity contribution in [3.05, 3.63) is 0 Å². The Balaban J connectivity index is 1.89. The van der Waals surface area contributed by atoms with E-state index in [4.69, 9.17) is 39.9 Å². The third-order valence-electron chi connectivity index (χ3n) is 6.75. The van der Waals surface area contributed by atoms with Gasteiger partial charge in [0.2, 0.25) is 0 Å². The van der Waals surface area contributed by atoms with Crippen LogP contribution >= 0.6 is 0 Å². The van der Waals surface area contributed by atoms with E-state index in [1.807, 2.05) is 0 Å². The fraction of sp³-hybridized carbons (Fsp3) is 1.00. The van der Waals surface area contributed by atoms with Gasteiger partial charge in [0.05, 0.1) is 32.0 Å². The molecule has 3 saturated heterocycles. The first kappa shape index (κ1) is 30.9. The highest BCUT2D eigenvalue weighted by Gasteiger charge is 2.53. The van der Waals surface area contributed by atoms with Gasteiger partial charge in [0.25, 0.3) is 0 Å². The molecule has 0 amide bonds. The summed E-state index contributed by atoms with van der Waals surface area (Å²) in [7, 11) is 0. The molecule has 3 rings (SSSR count). The lowest BCUT2D eigenvalue weighted by molar-refractivity contribution is -0.384. The van der Waals surface area contributed by atoms with Crippen LogP contribution in [0.25, 0.3) is 0 Å². The monoisotopic (exact) mass is 544 g/mol. The third kappa shape index (κ3) is 6.75. The Morgan fingerprint density at radius 2 is 1.27 bits per heavy atom. The molecular formula is C21H40N2O14. The number of hydrogen-bond acceptors (Lipinski definition) is 16. The summed E-state index contributed by atoms with van der Waals surface area (Å²) < 4.78 is 34.2. The van der Waals surface area contributed by atoms with Crippen LogP contribution in [0.15, 0.2) is 0 Å². The highest BCUT2D eigenvalue weighted by molar-refractivity contribution is 4.97. The SMILES string of the molecule is CC1O[C@@H](O[C@H]2C(O[C@@H]3OC(CO)[C@H](O)[C@H](O)C3N)[C@@H](O)C(CO)O[C@H]2OCCCN)[C@@H](O)C(O)[C@@H]1O. The maximum absolute atomic E-state index is 11.0. The Kier molecular flexibility index (Phi) is 11.4. The molecule has 37 heavy (non-hydrogen) atoms. The molecular weight excluding hydrogens is 504 g/mol. The van der Waals surface area contributed by atoms with Crippen molar-refractivity contribution in [2.75, 3.05) is 26.4 Å². The molecule has 0 aromatic rings. The molecule has 0 saturated carbocycles. The van der Waals surface area contributed by atoms with E-state index in [0.29, 0.717) is 6.42 Å². The zero-order valence-electron chi connectivity index (χ0n) is 20.4. The van der Waals surface area contributed by atoms with Crippen molar-refractivity contribution in [3.63, 3.8) is 0 Å². The van der Waals surface area contributed by atoms with Gasteiger partial charge in [0, 0.05) is 0 Å². The first-order chi connectivity index (χ1) is 17.5. The fourth-order valence-electron chi connectivity index (χ4n) is 4.42. The lowest BCUT2D eigenvalue weighted by Gasteiger charge is -2.49. The summed E-state index contributed by atoms with van der Waals surface area (Å²) >= 11 is 0. The minimum absolute atomic E-state index is 0.0742. The second kappa shape index (κ2) is 13.6. The van der Waals surface area contributed by atoms with Gasteiger partial charge < -0.3 is 80.7 Å². The number of hydrogen-bond donors (Lipinski definition) is 10. The number of aliphatic hydroxyl groups excluding tert-OH is 8. The highest BCUT2D eigenvalue weighted by atomic mass is 16.8. The summed E-state index contributed by atoms with van der Waals surface area (Å²) in [6.07, 6.45) is -19.6. The molecule has 0 aliphatic carbocycles. The van der Waals surface area contributed by atoms with Gasteiger partial charge in [-0.05, 0) is 19.9 Å². The van der Waals surface area contributed by atoms with Gasteiger partial charge in [-0.1, -0.05) is 0 Å². The van der Waals surface area contributed by atoms with Crippen LogP contribution in [0.2, 0.25) is 0 Å². The van der Waals surface area contributed by atoms with Crippen LogP contribution in [-0.4, -0.2) is 159 Å². The zero-order valence-corrected chi connectivity index (χ0v) is 20.4. The highest BCUT2D eigenvalue weighted by Crippen LogP contribution is 2.33. The van der Waals surface area contributed by atoms with Crippen molar-refractivity contribution in [2.24, 2.45) is 11.5 Å². The molecule has 0 radical (unpaired) electrons.